The smallest absolute Gasteiger partial charge is 0.263 e. The van der Waals surface area contributed by atoms with Gasteiger partial charge in [0, 0.05) is 17.2 Å². The average molecular weight is 370 g/mol. The Labute approximate surface area is 132 Å². The molecule has 2 aromatic rings. The Morgan fingerprint density at radius 2 is 2.05 bits per heavy atom. The molecule has 5 nitrogen and oxygen atoms in total. The van der Waals surface area contributed by atoms with Crippen LogP contribution >= 0.6 is 15.9 Å². The molecule has 0 aliphatic rings. The van der Waals surface area contributed by atoms with Crippen LogP contribution in [0.15, 0.2) is 39.8 Å². The maximum absolute atomic E-state index is 12.5. The van der Waals surface area contributed by atoms with Crippen molar-refractivity contribution >= 4 is 31.8 Å². The van der Waals surface area contributed by atoms with Gasteiger partial charge in [0.05, 0.1) is 4.90 Å². The Bertz CT molecular complexity index is 776. The standard InChI is InChI=1S/C14H16BrN3O2S/c1-9-6-12(15)8-17-14(9)18-21(19,20)13-5-3-4-11(7-16)10(13)2/h3-6,8H,7,16H2,1-2H3,(H,17,18). The third-order valence-corrected chi connectivity index (χ3v) is 5.10. The zero-order valence-corrected chi connectivity index (χ0v) is 14.1. The van der Waals surface area contributed by atoms with Crippen molar-refractivity contribution in [3.05, 3.63) is 51.6 Å². The number of hydrogen-bond donors (Lipinski definition) is 2. The highest BCUT2D eigenvalue weighted by molar-refractivity contribution is 9.10. The molecular weight excluding hydrogens is 354 g/mol. The second-order valence-corrected chi connectivity index (χ2v) is 7.24. The molecule has 0 amide bonds. The molecule has 0 unspecified atom stereocenters. The topological polar surface area (TPSA) is 85.1 Å². The molecule has 1 heterocycles. The first kappa shape index (κ1) is 15.9. The maximum Gasteiger partial charge on any atom is 0.263 e. The van der Waals surface area contributed by atoms with Crippen LogP contribution in [0.25, 0.3) is 0 Å². The van der Waals surface area contributed by atoms with Gasteiger partial charge >= 0.3 is 0 Å². The molecule has 0 bridgehead atoms. The van der Waals surface area contributed by atoms with E-state index in [4.69, 9.17) is 5.73 Å². The van der Waals surface area contributed by atoms with Crippen molar-refractivity contribution in [3.8, 4) is 0 Å². The number of aryl methyl sites for hydroxylation is 1. The fourth-order valence-electron chi connectivity index (χ4n) is 2.00. The van der Waals surface area contributed by atoms with Gasteiger partial charge in [-0.25, -0.2) is 13.4 Å². The minimum absolute atomic E-state index is 0.217. The molecule has 1 aromatic carbocycles. The summed E-state index contributed by atoms with van der Waals surface area (Å²) in [6.07, 6.45) is 1.55. The third kappa shape index (κ3) is 3.42. The first-order chi connectivity index (χ1) is 9.85. The molecule has 2 rings (SSSR count). The van der Waals surface area contributed by atoms with Gasteiger partial charge in [-0.15, -0.1) is 0 Å². The van der Waals surface area contributed by atoms with Crippen LogP contribution in [0.2, 0.25) is 0 Å². The lowest BCUT2D eigenvalue weighted by atomic mass is 10.1. The van der Waals surface area contributed by atoms with Gasteiger partial charge in [0.15, 0.2) is 0 Å². The van der Waals surface area contributed by atoms with Gasteiger partial charge in [-0.05, 0) is 58.6 Å². The molecule has 0 fully saturated rings. The van der Waals surface area contributed by atoms with Crippen LogP contribution in [-0.4, -0.2) is 13.4 Å². The van der Waals surface area contributed by atoms with Gasteiger partial charge in [-0.1, -0.05) is 12.1 Å². The van der Waals surface area contributed by atoms with E-state index in [0.29, 0.717) is 17.9 Å². The van der Waals surface area contributed by atoms with Gasteiger partial charge < -0.3 is 5.73 Å². The lowest BCUT2D eigenvalue weighted by molar-refractivity contribution is 0.600. The quantitative estimate of drug-likeness (QED) is 0.867. The summed E-state index contributed by atoms with van der Waals surface area (Å²) in [5.41, 5.74) is 7.82. The third-order valence-electron chi connectivity index (χ3n) is 3.18. The van der Waals surface area contributed by atoms with E-state index in [-0.39, 0.29) is 4.90 Å². The van der Waals surface area contributed by atoms with Crippen LogP contribution < -0.4 is 10.5 Å². The van der Waals surface area contributed by atoms with Crippen LogP contribution in [-0.2, 0) is 16.6 Å². The predicted molar refractivity (Wildman–Crippen MR) is 86.6 cm³/mol. The molecule has 21 heavy (non-hydrogen) atoms. The van der Waals surface area contributed by atoms with Crippen molar-refractivity contribution in [1.29, 1.82) is 0 Å². The zero-order valence-electron chi connectivity index (χ0n) is 11.7. The van der Waals surface area contributed by atoms with Gasteiger partial charge in [0.25, 0.3) is 10.0 Å². The zero-order chi connectivity index (χ0) is 15.6. The summed E-state index contributed by atoms with van der Waals surface area (Å²) in [5, 5.41) is 0. The number of halogens is 1. The van der Waals surface area contributed by atoms with Crippen molar-refractivity contribution < 1.29 is 8.42 Å². The summed E-state index contributed by atoms with van der Waals surface area (Å²) >= 11 is 3.30. The number of benzene rings is 1. The number of aromatic nitrogens is 1. The second-order valence-electron chi connectivity index (χ2n) is 4.67. The number of pyridine rings is 1. The second kappa shape index (κ2) is 6.13. The first-order valence-corrected chi connectivity index (χ1v) is 8.56. The largest absolute Gasteiger partial charge is 0.326 e. The summed E-state index contributed by atoms with van der Waals surface area (Å²) in [5.74, 6) is 0.316. The molecule has 7 heteroatoms. The van der Waals surface area contributed by atoms with Gasteiger partial charge in [-0.2, -0.15) is 0 Å². The van der Waals surface area contributed by atoms with Gasteiger partial charge in [-0.3, -0.25) is 4.72 Å². The molecule has 0 atom stereocenters. The van der Waals surface area contributed by atoms with E-state index in [0.717, 1.165) is 15.6 Å². The Balaban J connectivity index is 2.43. The van der Waals surface area contributed by atoms with E-state index in [1.54, 1.807) is 38.2 Å². The van der Waals surface area contributed by atoms with E-state index in [1.165, 1.54) is 0 Å². The van der Waals surface area contributed by atoms with Crippen molar-refractivity contribution in [3.63, 3.8) is 0 Å². The van der Waals surface area contributed by atoms with Gasteiger partial charge in [0.2, 0.25) is 0 Å². The number of rotatable bonds is 4. The highest BCUT2D eigenvalue weighted by Gasteiger charge is 2.19. The number of anilines is 1. The summed E-state index contributed by atoms with van der Waals surface area (Å²) in [4.78, 5) is 4.32. The molecule has 0 aliphatic carbocycles. The molecule has 1 aromatic heterocycles. The number of nitrogens with one attached hydrogen (secondary N) is 1. The first-order valence-electron chi connectivity index (χ1n) is 6.28. The normalized spacial score (nSPS) is 11.4. The highest BCUT2D eigenvalue weighted by Crippen LogP contribution is 2.23. The van der Waals surface area contributed by atoms with Crippen molar-refractivity contribution in [2.45, 2.75) is 25.3 Å². The molecular formula is C14H16BrN3O2S. The van der Waals surface area contributed by atoms with Crippen LogP contribution in [0.1, 0.15) is 16.7 Å². The van der Waals surface area contributed by atoms with E-state index in [9.17, 15) is 8.42 Å². The fraction of sp³-hybridized carbons (Fsp3) is 0.214. The van der Waals surface area contributed by atoms with Gasteiger partial charge in [0.1, 0.15) is 5.82 Å². The summed E-state index contributed by atoms with van der Waals surface area (Å²) in [6.45, 7) is 3.84. The van der Waals surface area contributed by atoms with E-state index in [2.05, 4.69) is 25.6 Å². The Morgan fingerprint density at radius 3 is 2.67 bits per heavy atom. The molecule has 112 valence electrons. The fourth-order valence-corrected chi connectivity index (χ4v) is 3.82. The number of hydrogen-bond acceptors (Lipinski definition) is 4. The Morgan fingerprint density at radius 1 is 1.33 bits per heavy atom. The average Bonchev–Trinajstić information content (AvgIpc) is 2.42. The Hall–Kier alpha value is -1.44. The van der Waals surface area contributed by atoms with Crippen LogP contribution in [0, 0.1) is 13.8 Å². The minimum atomic E-state index is -3.70. The Kier molecular flexibility index (Phi) is 4.65. The molecule has 0 spiro atoms. The SMILES string of the molecule is Cc1cc(Br)cnc1NS(=O)(=O)c1cccc(CN)c1C. The number of nitrogens with zero attached hydrogens (tertiary/aromatic N) is 1. The lowest BCUT2D eigenvalue weighted by Crippen LogP contribution is -2.17. The summed E-state index contributed by atoms with van der Waals surface area (Å²) in [6, 6.07) is 6.86. The lowest BCUT2D eigenvalue weighted by Gasteiger charge is -2.13. The van der Waals surface area contributed by atoms with E-state index < -0.39 is 10.0 Å². The predicted octanol–water partition coefficient (Wildman–Crippen LogP) is 2.72. The van der Waals surface area contributed by atoms with Crippen LogP contribution in [0.3, 0.4) is 0 Å². The monoisotopic (exact) mass is 369 g/mol. The van der Waals surface area contributed by atoms with E-state index >= 15 is 0 Å². The van der Waals surface area contributed by atoms with Crippen molar-refractivity contribution in [2.24, 2.45) is 5.73 Å². The maximum atomic E-state index is 12.5. The minimum Gasteiger partial charge on any atom is -0.326 e. The number of nitrogens with two attached hydrogens (primary N) is 1. The molecule has 0 aliphatic heterocycles. The van der Waals surface area contributed by atoms with Crippen molar-refractivity contribution in [1.82, 2.24) is 4.98 Å². The van der Waals surface area contributed by atoms with Crippen LogP contribution in [0.5, 0.6) is 0 Å². The molecule has 0 radical (unpaired) electrons. The summed E-state index contributed by atoms with van der Waals surface area (Å²) in [7, 11) is -3.70. The molecule has 3 N–H and O–H groups in total. The summed E-state index contributed by atoms with van der Waals surface area (Å²) < 4.78 is 28.4. The molecule has 0 saturated carbocycles. The molecule has 0 saturated heterocycles. The van der Waals surface area contributed by atoms with E-state index in [1.807, 2.05) is 6.07 Å². The van der Waals surface area contributed by atoms with Crippen LogP contribution in [0.4, 0.5) is 5.82 Å². The highest BCUT2D eigenvalue weighted by atomic mass is 79.9. The van der Waals surface area contributed by atoms with Crippen molar-refractivity contribution in [2.75, 3.05) is 4.72 Å². The number of sulfonamides is 1.